The second-order valence-electron chi connectivity index (χ2n) is 8.86. The molecule has 10 nitrogen and oxygen atoms in total. The quantitative estimate of drug-likeness (QED) is 0.157. The lowest BCUT2D eigenvalue weighted by Gasteiger charge is -2.14. The molecule has 0 aliphatic carbocycles. The number of unbranched alkanes of at least 4 members (excludes halogenated alkanes) is 1. The van der Waals surface area contributed by atoms with E-state index in [0.717, 1.165) is 16.7 Å². The first-order valence-electron chi connectivity index (χ1n) is 12.2. The summed E-state index contributed by atoms with van der Waals surface area (Å²) >= 11 is 0. The number of imide groups is 1. The summed E-state index contributed by atoms with van der Waals surface area (Å²) in [5, 5.41) is 14.2. The second-order valence-corrected chi connectivity index (χ2v) is 8.86. The average molecular weight is 520 g/mol. The molecule has 0 bridgehead atoms. The van der Waals surface area contributed by atoms with Gasteiger partial charge < -0.3 is 32.4 Å². The Labute approximate surface area is 221 Å². The van der Waals surface area contributed by atoms with Crippen LogP contribution < -0.4 is 32.6 Å². The molecule has 38 heavy (non-hydrogen) atoms. The molecule has 1 atom stereocenters. The third-order valence-electron chi connectivity index (χ3n) is 5.75. The number of nitrogens with one attached hydrogen (secondary N) is 2. The maximum atomic E-state index is 12.3. The Morgan fingerprint density at radius 3 is 2.39 bits per heavy atom. The first-order valence-corrected chi connectivity index (χ1v) is 12.2. The second kappa shape index (κ2) is 13.7. The molecule has 0 spiro atoms. The predicted molar refractivity (Wildman–Crippen MR) is 145 cm³/mol. The minimum absolute atomic E-state index is 0.0938. The Morgan fingerprint density at radius 2 is 1.68 bits per heavy atom. The smallest absolute Gasteiger partial charge is 0.318 e. The number of anilines is 1. The van der Waals surface area contributed by atoms with Crippen LogP contribution >= 0.6 is 0 Å². The van der Waals surface area contributed by atoms with Crippen molar-refractivity contribution in [3.05, 3.63) is 77.9 Å². The Morgan fingerprint density at radius 1 is 0.947 bits per heavy atom. The van der Waals surface area contributed by atoms with E-state index in [0.29, 0.717) is 49.4 Å². The van der Waals surface area contributed by atoms with Crippen LogP contribution in [0.4, 0.5) is 10.5 Å². The van der Waals surface area contributed by atoms with Gasteiger partial charge in [0, 0.05) is 17.8 Å². The Hall–Kier alpha value is -4.57. The van der Waals surface area contributed by atoms with Gasteiger partial charge in [-0.25, -0.2) is 4.79 Å². The van der Waals surface area contributed by atoms with Crippen LogP contribution in [0.5, 0.6) is 11.5 Å². The number of benzene rings is 3. The van der Waals surface area contributed by atoms with E-state index in [9.17, 15) is 19.5 Å². The first-order chi connectivity index (χ1) is 18.2. The third-order valence-corrected chi connectivity index (χ3v) is 5.75. The number of rotatable bonds is 12. The van der Waals surface area contributed by atoms with Crippen LogP contribution in [-0.4, -0.2) is 42.1 Å². The van der Waals surface area contributed by atoms with Crippen molar-refractivity contribution < 1.29 is 24.2 Å². The van der Waals surface area contributed by atoms with Gasteiger partial charge in [0.1, 0.15) is 11.5 Å². The van der Waals surface area contributed by atoms with Crippen molar-refractivity contribution in [2.45, 2.75) is 31.7 Å². The SMILES string of the molecule is NC(=O)NC(=O)Cc1cc(-c2cccc(N)c2)ccc1OCCCCNC(=O)C(N)Cc1ccc(O)cc1. The number of hydrogen-bond acceptors (Lipinski definition) is 7. The molecule has 3 aromatic rings. The molecule has 0 radical (unpaired) electrons. The van der Waals surface area contributed by atoms with Gasteiger partial charge >= 0.3 is 6.03 Å². The maximum Gasteiger partial charge on any atom is 0.318 e. The standard InChI is InChI=1S/C28H33N5O5/c29-22-5-3-4-19(16-22)20-8-11-25(21(15-20)17-26(35)33-28(31)37)38-13-2-1-12-32-27(36)24(30)14-18-6-9-23(34)10-7-18/h3-11,15-16,24,34H,1-2,12-14,17,29-30H2,(H,32,36)(H3,31,33,35,37). The van der Waals surface area contributed by atoms with Crippen molar-refractivity contribution >= 4 is 23.5 Å². The molecule has 0 saturated heterocycles. The van der Waals surface area contributed by atoms with Crippen LogP contribution in [0, 0.1) is 0 Å². The van der Waals surface area contributed by atoms with Crippen LogP contribution in [0.25, 0.3) is 11.1 Å². The van der Waals surface area contributed by atoms with E-state index in [4.69, 9.17) is 21.9 Å². The fourth-order valence-corrected chi connectivity index (χ4v) is 3.84. The van der Waals surface area contributed by atoms with Gasteiger partial charge in [-0.3, -0.25) is 14.9 Å². The number of carbonyl (C=O) groups excluding carboxylic acids is 3. The van der Waals surface area contributed by atoms with Crippen molar-refractivity contribution in [3.8, 4) is 22.6 Å². The highest BCUT2D eigenvalue weighted by molar-refractivity contribution is 5.94. The molecule has 0 fully saturated rings. The van der Waals surface area contributed by atoms with Gasteiger partial charge in [-0.15, -0.1) is 0 Å². The lowest BCUT2D eigenvalue weighted by atomic mass is 10.00. The van der Waals surface area contributed by atoms with E-state index < -0.39 is 18.0 Å². The molecule has 4 amide bonds. The number of phenolic OH excluding ortho intramolecular Hbond substituents is 1. The predicted octanol–water partition coefficient (Wildman–Crippen LogP) is 2.22. The molecule has 9 N–H and O–H groups in total. The number of carbonyl (C=O) groups is 3. The number of urea groups is 1. The van der Waals surface area contributed by atoms with E-state index in [2.05, 4.69) is 10.6 Å². The van der Waals surface area contributed by atoms with Crippen LogP contribution in [-0.2, 0) is 22.4 Å². The fourth-order valence-electron chi connectivity index (χ4n) is 3.84. The molecule has 0 saturated carbocycles. The van der Waals surface area contributed by atoms with Gasteiger partial charge in [-0.2, -0.15) is 0 Å². The van der Waals surface area contributed by atoms with Crippen molar-refractivity contribution in [3.63, 3.8) is 0 Å². The molecule has 3 rings (SSSR count). The van der Waals surface area contributed by atoms with E-state index in [1.165, 1.54) is 0 Å². The monoisotopic (exact) mass is 519 g/mol. The topological polar surface area (TPSA) is 183 Å². The number of hydrogen-bond donors (Lipinski definition) is 6. The molecule has 1 unspecified atom stereocenters. The number of phenols is 1. The minimum Gasteiger partial charge on any atom is -0.508 e. The molecule has 3 aromatic carbocycles. The molecular weight excluding hydrogens is 486 g/mol. The Bertz CT molecular complexity index is 1260. The van der Waals surface area contributed by atoms with Crippen molar-refractivity contribution in [2.24, 2.45) is 11.5 Å². The number of amides is 4. The van der Waals surface area contributed by atoms with Gasteiger partial charge in [-0.05, 0) is 72.4 Å². The van der Waals surface area contributed by atoms with Crippen molar-refractivity contribution in [2.75, 3.05) is 18.9 Å². The Balaban J connectivity index is 1.51. The van der Waals surface area contributed by atoms with Crippen LogP contribution in [0.15, 0.2) is 66.7 Å². The average Bonchev–Trinajstić information content (AvgIpc) is 2.87. The lowest BCUT2D eigenvalue weighted by molar-refractivity contribution is -0.122. The summed E-state index contributed by atoms with van der Waals surface area (Å²) in [6, 6.07) is 17.8. The maximum absolute atomic E-state index is 12.3. The number of ether oxygens (including phenoxy) is 1. The van der Waals surface area contributed by atoms with E-state index in [1.807, 2.05) is 30.3 Å². The van der Waals surface area contributed by atoms with Crippen molar-refractivity contribution in [1.29, 1.82) is 0 Å². The van der Waals surface area contributed by atoms with Crippen LogP contribution in [0.3, 0.4) is 0 Å². The summed E-state index contributed by atoms with van der Waals surface area (Å²) in [5.41, 5.74) is 20.8. The Kier molecular flexibility index (Phi) is 10.1. The summed E-state index contributed by atoms with van der Waals surface area (Å²) in [6.07, 6.45) is 1.59. The zero-order valence-corrected chi connectivity index (χ0v) is 21.0. The molecular formula is C28H33N5O5. The largest absolute Gasteiger partial charge is 0.508 e. The molecule has 0 aromatic heterocycles. The summed E-state index contributed by atoms with van der Waals surface area (Å²) in [4.78, 5) is 35.5. The number of nitrogens with two attached hydrogens (primary N) is 3. The van der Waals surface area contributed by atoms with E-state index in [1.54, 1.807) is 36.4 Å². The lowest BCUT2D eigenvalue weighted by Crippen LogP contribution is -2.42. The highest BCUT2D eigenvalue weighted by atomic mass is 16.5. The molecule has 200 valence electrons. The molecule has 0 heterocycles. The summed E-state index contributed by atoms with van der Waals surface area (Å²) in [5.74, 6) is -0.123. The van der Waals surface area contributed by atoms with E-state index >= 15 is 0 Å². The van der Waals surface area contributed by atoms with Gasteiger partial charge in [0.15, 0.2) is 0 Å². The van der Waals surface area contributed by atoms with Gasteiger partial charge in [0.05, 0.1) is 19.1 Å². The summed E-state index contributed by atoms with van der Waals surface area (Å²) < 4.78 is 5.92. The van der Waals surface area contributed by atoms with Crippen LogP contribution in [0.1, 0.15) is 24.0 Å². The number of nitrogen functional groups attached to an aromatic ring is 1. The van der Waals surface area contributed by atoms with Gasteiger partial charge in [0.2, 0.25) is 11.8 Å². The number of aromatic hydroxyl groups is 1. The normalized spacial score (nSPS) is 11.4. The third kappa shape index (κ3) is 8.82. The molecule has 0 aliphatic heterocycles. The van der Waals surface area contributed by atoms with Crippen molar-refractivity contribution in [1.82, 2.24) is 10.6 Å². The highest BCUT2D eigenvalue weighted by Crippen LogP contribution is 2.28. The van der Waals surface area contributed by atoms with Crippen LogP contribution in [0.2, 0.25) is 0 Å². The van der Waals surface area contributed by atoms with E-state index in [-0.39, 0.29) is 18.1 Å². The summed E-state index contributed by atoms with van der Waals surface area (Å²) in [7, 11) is 0. The van der Waals surface area contributed by atoms with Gasteiger partial charge in [-0.1, -0.05) is 30.3 Å². The zero-order valence-electron chi connectivity index (χ0n) is 21.0. The zero-order chi connectivity index (χ0) is 27.5. The first kappa shape index (κ1) is 28.0. The molecule has 0 aliphatic rings. The number of primary amides is 1. The molecule has 10 heteroatoms. The summed E-state index contributed by atoms with van der Waals surface area (Å²) in [6.45, 7) is 0.797. The van der Waals surface area contributed by atoms with Gasteiger partial charge in [0.25, 0.3) is 0 Å². The highest BCUT2D eigenvalue weighted by Gasteiger charge is 2.15. The minimum atomic E-state index is -0.922. The fraction of sp³-hybridized carbons (Fsp3) is 0.250.